The summed E-state index contributed by atoms with van der Waals surface area (Å²) >= 11 is 194. The van der Waals surface area contributed by atoms with Gasteiger partial charge in [-0.3, -0.25) is 0 Å². The van der Waals surface area contributed by atoms with Crippen LogP contribution in [0, 0.1) is 0 Å². The lowest BCUT2D eigenvalue weighted by Crippen LogP contribution is -2.75. The Hall–Kier alpha value is 8.99. The third-order valence-electron chi connectivity index (χ3n) is 5.39. The largest absolute Gasteiger partial charge is 0.226 e. The second kappa shape index (κ2) is 16.5. The van der Waals surface area contributed by atoms with Crippen molar-refractivity contribution < 1.29 is 0 Å². The Labute approximate surface area is 417 Å². The minimum atomic E-state index is -3.53. The van der Waals surface area contributed by atoms with Gasteiger partial charge in [-0.1, -0.05) is 336 Å². The molecule has 0 spiro atoms. The van der Waals surface area contributed by atoms with E-state index in [0.29, 0.717) is 0 Å². The van der Waals surface area contributed by atoms with Crippen LogP contribution in [0.1, 0.15) is 0 Å². The number of rotatable bonds is 13. The van der Waals surface area contributed by atoms with Gasteiger partial charge >= 0.3 is 0 Å². The summed E-state index contributed by atoms with van der Waals surface area (Å²) in [4.78, 5) is -1.88. The first-order chi connectivity index (χ1) is 19.2. The molecule has 0 rings (SSSR count). The van der Waals surface area contributed by atoms with Crippen molar-refractivity contribution >= 4 is 360 Å². The summed E-state index contributed by atoms with van der Waals surface area (Å²) in [6, 6.07) is 0. The highest BCUT2D eigenvalue weighted by molar-refractivity contribution is 6.85. The van der Waals surface area contributed by atoms with Gasteiger partial charge in [-0.15, -0.1) is 23.2 Å². The molecule has 0 aliphatic heterocycles. The normalized spacial score (nSPS) is 17.2. The van der Waals surface area contributed by atoms with Crippen LogP contribution in [-0.2, 0) is 0 Å². The average Bonchev–Trinajstić information content (AvgIpc) is 2.81. The molecule has 278 valence electrons. The highest BCUT2D eigenvalue weighted by Crippen LogP contribution is 2.77. The summed E-state index contributed by atoms with van der Waals surface area (Å²) in [5, 5.41) is 0. The Balaban J connectivity index is 7.57. The number of hydrogen-bond donors (Lipinski definition) is 0. The summed E-state index contributed by atoms with van der Waals surface area (Å²) < 4.78 is -45.8. The van der Waals surface area contributed by atoms with Crippen LogP contribution in [0.15, 0.2) is 0 Å². The minimum absolute atomic E-state index is 1.88. The molecule has 0 fully saturated rings. The second-order valence-corrected chi connectivity index (χ2v) is 29.0. The van der Waals surface area contributed by atoms with Crippen molar-refractivity contribution in [2.24, 2.45) is 0 Å². The Morgan fingerprint density at radius 3 is 0.457 bits per heavy atom. The van der Waals surface area contributed by atoms with E-state index < -0.39 is 65.0 Å². The fourth-order valence-electron chi connectivity index (χ4n) is 2.50. The monoisotopic (exact) mass is 1270 g/mol. The van der Waals surface area contributed by atoms with Gasteiger partial charge in [0.1, 0.15) is 4.84 Å². The molecule has 0 bridgehead atoms. The van der Waals surface area contributed by atoms with E-state index in [1.807, 2.05) is 0 Å². The van der Waals surface area contributed by atoms with Crippen molar-refractivity contribution in [3.8, 4) is 0 Å². The predicted molar refractivity (Wildman–Crippen MR) is 223 cm³/mol. The maximum atomic E-state index is 6.48. The molecule has 0 heterocycles. The van der Waals surface area contributed by atoms with Gasteiger partial charge in [0.2, 0.25) is 8.13 Å². The van der Waals surface area contributed by atoms with Crippen molar-refractivity contribution in [2.75, 3.05) is 0 Å². The standard InChI is InChI=1S/C15HCl31/c16-1(17)2(18,19)3(20,21)4(22,23)5(24,25)6(26,27)7(28,29)8(30,31)9(32,33)10(34,35)11(36,37)12(38,39)13(40,41)14(42,43)15(44,45)46/h1H. The van der Waals surface area contributed by atoms with Crippen molar-refractivity contribution in [3.63, 3.8) is 0 Å². The highest BCUT2D eigenvalue weighted by Gasteiger charge is 2.86. The Morgan fingerprint density at radius 1 is 0.196 bits per heavy atom. The van der Waals surface area contributed by atoms with Gasteiger partial charge in [0, 0.05) is 0 Å². The molecule has 0 amide bonds. The van der Waals surface area contributed by atoms with E-state index in [2.05, 4.69) is 0 Å². The molecular weight excluding hydrogens is 1280 g/mol. The molecule has 0 saturated carbocycles. The van der Waals surface area contributed by atoms with Gasteiger partial charge in [0.15, 0.2) is 52.0 Å². The molecule has 0 saturated heterocycles. The van der Waals surface area contributed by atoms with E-state index in [-0.39, 0.29) is 0 Å². The van der Waals surface area contributed by atoms with Crippen molar-refractivity contribution in [1.29, 1.82) is 0 Å². The average molecular weight is 1280 g/mol. The van der Waals surface area contributed by atoms with Gasteiger partial charge < -0.3 is 0 Å². The minimum Gasteiger partial charge on any atom is -0.102 e. The molecule has 0 aromatic rings. The van der Waals surface area contributed by atoms with Crippen LogP contribution in [0.2, 0.25) is 0 Å². The first kappa shape index (κ1) is 55.0. The SMILES string of the molecule is ClC(Cl)C(Cl)(Cl)C(Cl)(Cl)C(Cl)(Cl)C(Cl)(Cl)C(Cl)(Cl)C(Cl)(Cl)C(Cl)(Cl)C(Cl)(Cl)C(Cl)(Cl)C(Cl)(Cl)C(Cl)(Cl)C(Cl)(Cl)C(Cl)(Cl)C(Cl)(Cl)Cl. The van der Waals surface area contributed by atoms with E-state index in [9.17, 15) is 0 Å². The van der Waals surface area contributed by atoms with E-state index >= 15 is 0 Å². The van der Waals surface area contributed by atoms with Gasteiger partial charge in [0.05, 0.1) is 0 Å². The quantitative estimate of drug-likeness (QED) is 0.161. The molecule has 0 radical (unpaired) electrons. The molecule has 0 atom stereocenters. The van der Waals surface area contributed by atoms with Gasteiger partial charge in [0.25, 0.3) is 0 Å². The maximum absolute atomic E-state index is 6.48. The van der Waals surface area contributed by atoms with Gasteiger partial charge in [-0.2, -0.15) is 0 Å². The third-order valence-corrected chi connectivity index (χ3v) is 27.2. The van der Waals surface area contributed by atoms with Crippen LogP contribution >= 0.6 is 360 Å². The lowest BCUT2D eigenvalue weighted by Gasteiger charge is -2.58. The van der Waals surface area contributed by atoms with E-state index in [0.717, 1.165) is 0 Å². The predicted octanol–water partition coefficient (Wildman–Crippen LogP) is 18.4. The number of alkyl halides is 31. The summed E-state index contributed by atoms with van der Waals surface area (Å²) in [6.45, 7) is 0. The van der Waals surface area contributed by atoms with E-state index in [4.69, 9.17) is 360 Å². The second-order valence-electron chi connectivity index (χ2n) is 8.31. The van der Waals surface area contributed by atoms with Crippen LogP contribution in [0.4, 0.5) is 0 Å². The smallest absolute Gasteiger partial charge is 0.102 e. The zero-order valence-corrected chi connectivity index (χ0v) is 42.7. The summed E-state index contributed by atoms with van der Waals surface area (Å²) in [5.74, 6) is 0. The zero-order chi connectivity index (χ0) is 38.6. The molecule has 0 aliphatic rings. The molecule has 0 aromatic carbocycles. The van der Waals surface area contributed by atoms with Crippen LogP contribution in [0.25, 0.3) is 0 Å². The molecule has 0 N–H and O–H groups in total. The fraction of sp³-hybridized carbons (Fsp3) is 1.00. The van der Waals surface area contributed by atoms with Gasteiger partial charge in [-0.25, -0.2) is 0 Å². The lowest BCUT2D eigenvalue weighted by atomic mass is 9.97. The topological polar surface area (TPSA) is 0 Å². The van der Waals surface area contributed by atoms with Crippen LogP contribution in [0.5, 0.6) is 0 Å². The van der Waals surface area contributed by atoms with Crippen LogP contribution < -0.4 is 0 Å². The summed E-state index contributed by atoms with van der Waals surface area (Å²) in [5.41, 5.74) is 0. The third kappa shape index (κ3) is 8.22. The summed E-state index contributed by atoms with van der Waals surface area (Å²) in [7, 11) is 0. The van der Waals surface area contributed by atoms with Crippen molar-refractivity contribution in [3.05, 3.63) is 0 Å². The van der Waals surface area contributed by atoms with Crippen molar-refractivity contribution in [2.45, 2.75) is 65.0 Å². The Morgan fingerprint density at radius 2 is 0.326 bits per heavy atom. The molecule has 0 unspecified atom stereocenters. The Bertz CT molecular complexity index is 1100. The highest BCUT2D eigenvalue weighted by atomic mass is 35.6. The zero-order valence-electron chi connectivity index (χ0n) is 19.3. The molecule has 0 nitrogen and oxygen atoms in total. The maximum Gasteiger partial charge on any atom is 0.226 e. The van der Waals surface area contributed by atoms with E-state index in [1.54, 1.807) is 0 Å². The molecular formula is C15HCl31. The van der Waals surface area contributed by atoms with Crippen LogP contribution in [0.3, 0.4) is 0 Å². The van der Waals surface area contributed by atoms with E-state index in [1.165, 1.54) is 0 Å². The first-order valence-corrected chi connectivity index (χ1v) is 21.3. The first-order valence-electron chi connectivity index (χ1n) is 9.46. The number of hydrogen-bond acceptors (Lipinski definition) is 0. The molecule has 46 heavy (non-hydrogen) atoms. The van der Waals surface area contributed by atoms with Crippen molar-refractivity contribution in [1.82, 2.24) is 0 Å². The molecule has 0 aliphatic carbocycles. The van der Waals surface area contributed by atoms with Gasteiger partial charge in [-0.05, 0) is 0 Å². The Kier molecular flexibility index (Phi) is 19.7. The summed E-state index contributed by atoms with van der Waals surface area (Å²) in [6.07, 6.45) is 0. The fourth-order valence-corrected chi connectivity index (χ4v) is 12.6. The molecule has 0 aromatic heterocycles. The number of halogens is 31. The molecule has 31 heteroatoms. The van der Waals surface area contributed by atoms with Crippen LogP contribution in [-0.4, -0.2) is 65.0 Å². The lowest BCUT2D eigenvalue weighted by molar-refractivity contribution is 0.403.